The summed E-state index contributed by atoms with van der Waals surface area (Å²) in [6.45, 7) is 8.26. The summed E-state index contributed by atoms with van der Waals surface area (Å²) >= 11 is 0. The summed E-state index contributed by atoms with van der Waals surface area (Å²) in [5.74, 6) is -0.158. The van der Waals surface area contributed by atoms with Gasteiger partial charge in [0, 0.05) is 0 Å². The number of hydrogen-bond acceptors (Lipinski definition) is 1. The van der Waals surface area contributed by atoms with E-state index in [0.717, 1.165) is 5.56 Å². The van der Waals surface area contributed by atoms with Crippen LogP contribution >= 0.6 is 0 Å². The molecule has 0 bridgehead atoms. The molecule has 0 saturated carbocycles. The molecule has 0 aliphatic heterocycles. The maximum Gasteiger partial charge on any atom is 2.00 e. The summed E-state index contributed by atoms with van der Waals surface area (Å²) in [7, 11) is 0. The van der Waals surface area contributed by atoms with E-state index in [-0.39, 0.29) is 31.8 Å². The average molecular weight is 233 g/mol. The molecule has 0 unspecified atom stereocenters. The minimum absolute atomic E-state index is 0. The zero-order valence-electron chi connectivity index (χ0n) is 12.4. The van der Waals surface area contributed by atoms with Crippen LogP contribution in [0.3, 0.4) is 0 Å². The van der Waals surface area contributed by atoms with Crippen LogP contribution in [0.5, 0.6) is 0 Å². The molecule has 0 radical (unpaired) electrons. The molecule has 1 rings (SSSR count). The Morgan fingerprint density at radius 3 is 2.12 bits per heavy atom. The van der Waals surface area contributed by atoms with Gasteiger partial charge in [0.15, 0.2) is 0 Å². The molecule has 0 saturated heterocycles. The van der Waals surface area contributed by atoms with Crippen LogP contribution in [0.15, 0.2) is 18.2 Å². The van der Waals surface area contributed by atoms with Gasteiger partial charge in [-0.1, -0.05) is 39.8 Å². The average Bonchev–Trinajstić information content (AvgIpc) is 2.16. The van der Waals surface area contributed by atoms with E-state index >= 15 is 0 Å². The molecular weight excluding hydrogens is 212 g/mol. The fourth-order valence-electron chi connectivity index (χ4n) is 1.61. The molecule has 3 heteroatoms. The van der Waals surface area contributed by atoms with E-state index in [2.05, 4.69) is 13.8 Å². The Bertz CT molecular complexity index is 379. The molecular formula is C13H20MgO2. The van der Waals surface area contributed by atoms with Crippen LogP contribution in [-0.4, -0.2) is 34.1 Å². The molecule has 1 N–H and O–H groups in total. The van der Waals surface area contributed by atoms with Gasteiger partial charge in [-0.05, 0) is 29.0 Å². The first kappa shape index (κ1) is 15.5. The summed E-state index contributed by atoms with van der Waals surface area (Å²) in [6.07, 6.45) is 0. The Kier molecular flexibility index (Phi) is 6.04. The van der Waals surface area contributed by atoms with Gasteiger partial charge in [-0.3, -0.25) is 0 Å². The zero-order valence-corrected chi connectivity index (χ0v) is 11.9. The second-order valence-electron chi connectivity index (χ2n) is 4.46. The van der Waals surface area contributed by atoms with Gasteiger partial charge in [0.1, 0.15) is 0 Å². The Balaban J connectivity index is -0.000000750. The predicted molar refractivity (Wildman–Crippen MR) is 69.6 cm³/mol. The number of hydrogen-bond donors (Lipinski definition) is 1. The number of carboxylic acids is 1. The Morgan fingerprint density at radius 2 is 1.75 bits per heavy atom. The van der Waals surface area contributed by atoms with Gasteiger partial charge in [0.25, 0.3) is 0 Å². The van der Waals surface area contributed by atoms with Crippen molar-refractivity contribution in [3.05, 3.63) is 34.9 Å². The van der Waals surface area contributed by atoms with Crippen LogP contribution in [0.25, 0.3) is 0 Å². The number of aromatic carboxylic acids is 1. The van der Waals surface area contributed by atoms with E-state index in [1.165, 1.54) is 5.56 Å². The molecule has 16 heavy (non-hydrogen) atoms. The van der Waals surface area contributed by atoms with Crippen LogP contribution in [0.2, 0.25) is 0 Å². The third-order valence-electron chi connectivity index (χ3n) is 2.59. The quantitative estimate of drug-likeness (QED) is 0.810. The number of carboxylic acid groups (broad SMARTS) is 1. The SMILES string of the molecule is CC(C)c1ccc(C(=O)O)c(C(C)C)c1.[H-].[H-].[Mg+2]. The van der Waals surface area contributed by atoms with Crippen molar-refractivity contribution in [1.82, 2.24) is 0 Å². The number of benzene rings is 1. The molecule has 1 aromatic rings. The normalized spacial score (nSPS) is 10.4. The summed E-state index contributed by atoms with van der Waals surface area (Å²) in [4.78, 5) is 11.0. The number of carbonyl (C=O) groups is 1. The molecule has 0 aliphatic carbocycles. The van der Waals surface area contributed by atoms with Gasteiger partial charge in [-0.2, -0.15) is 0 Å². The van der Waals surface area contributed by atoms with Crippen molar-refractivity contribution in [3.8, 4) is 0 Å². The molecule has 1 aromatic carbocycles. The van der Waals surface area contributed by atoms with Crippen LogP contribution in [0.4, 0.5) is 0 Å². The molecule has 0 atom stereocenters. The summed E-state index contributed by atoms with van der Waals surface area (Å²) in [5, 5.41) is 9.04. The van der Waals surface area contributed by atoms with E-state index in [1.807, 2.05) is 26.0 Å². The van der Waals surface area contributed by atoms with E-state index < -0.39 is 5.97 Å². The zero-order chi connectivity index (χ0) is 11.6. The van der Waals surface area contributed by atoms with E-state index in [4.69, 9.17) is 5.11 Å². The minimum atomic E-state index is -0.839. The van der Waals surface area contributed by atoms with Gasteiger partial charge >= 0.3 is 29.0 Å². The van der Waals surface area contributed by atoms with Crippen LogP contribution in [0.1, 0.15) is 63.9 Å². The molecule has 0 aromatic heterocycles. The molecule has 0 spiro atoms. The van der Waals surface area contributed by atoms with Crippen molar-refractivity contribution in [2.75, 3.05) is 0 Å². The van der Waals surface area contributed by atoms with Crippen LogP contribution < -0.4 is 0 Å². The van der Waals surface area contributed by atoms with Gasteiger partial charge in [-0.15, -0.1) is 0 Å². The Morgan fingerprint density at radius 1 is 1.19 bits per heavy atom. The summed E-state index contributed by atoms with van der Waals surface area (Å²) in [5.41, 5.74) is 2.55. The van der Waals surface area contributed by atoms with E-state index in [1.54, 1.807) is 6.07 Å². The van der Waals surface area contributed by atoms with Gasteiger partial charge in [0.05, 0.1) is 5.56 Å². The van der Waals surface area contributed by atoms with Crippen molar-refractivity contribution in [1.29, 1.82) is 0 Å². The largest absolute Gasteiger partial charge is 2.00 e. The maximum atomic E-state index is 11.0. The third kappa shape index (κ3) is 3.49. The fraction of sp³-hybridized carbons (Fsp3) is 0.462. The van der Waals surface area contributed by atoms with Crippen molar-refractivity contribution in [2.24, 2.45) is 0 Å². The topological polar surface area (TPSA) is 37.3 Å². The van der Waals surface area contributed by atoms with Crippen LogP contribution in [-0.2, 0) is 0 Å². The first-order valence-corrected chi connectivity index (χ1v) is 5.30. The molecule has 2 nitrogen and oxygen atoms in total. The van der Waals surface area contributed by atoms with Gasteiger partial charge in [-0.25, -0.2) is 4.79 Å². The minimum Gasteiger partial charge on any atom is -1.00 e. The van der Waals surface area contributed by atoms with Crippen LogP contribution in [0, 0.1) is 0 Å². The third-order valence-corrected chi connectivity index (χ3v) is 2.59. The fourth-order valence-corrected chi connectivity index (χ4v) is 1.61. The maximum absolute atomic E-state index is 11.0. The monoisotopic (exact) mass is 232 g/mol. The predicted octanol–water partition coefficient (Wildman–Crippen LogP) is 3.48. The Hall–Kier alpha value is -0.544. The smallest absolute Gasteiger partial charge is 1.00 e. The van der Waals surface area contributed by atoms with E-state index in [9.17, 15) is 4.79 Å². The van der Waals surface area contributed by atoms with Crippen molar-refractivity contribution in [3.63, 3.8) is 0 Å². The molecule has 0 heterocycles. The van der Waals surface area contributed by atoms with E-state index in [0.29, 0.717) is 11.5 Å². The second kappa shape index (κ2) is 6.26. The standard InChI is InChI=1S/C13H18O2.Mg.2H/c1-8(2)10-5-6-11(13(14)15)12(7-10)9(3)4;;;/h5-9H,1-4H3,(H,14,15);;;/q;+2;2*-1. The first-order valence-electron chi connectivity index (χ1n) is 5.30. The molecule has 0 aliphatic rings. The second-order valence-corrected chi connectivity index (χ2v) is 4.46. The van der Waals surface area contributed by atoms with Gasteiger partial charge < -0.3 is 7.96 Å². The molecule has 0 fully saturated rings. The van der Waals surface area contributed by atoms with Gasteiger partial charge in [0.2, 0.25) is 0 Å². The van der Waals surface area contributed by atoms with Crippen molar-refractivity contribution in [2.45, 2.75) is 39.5 Å². The summed E-state index contributed by atoms with van der Waals surface area (Å²) in [6, 6.07) is 5.63. The molecule has 86 valence electrons. The van der Waals surface area contributed by atoms with Crippen molar-refractivity contribution < 1.29 is 12.8 Å². The first-order chi connectivity index (χ1) is 6.93. The van der Waals surface area contributed by atoms with Crippen molar-refractivity contribution >= 4 is 29.0 Å². The molecule has 0 amide bonds. The summed E-state index contributed by atoms with van der Waals surface area (Å²) < 4.78 is 0. The number of rotatable bonds is 3. The Labute approximate surface area is 116 Å².